The SMILES string of the molecule is C1CC(=C2SC3=C(S2)SC(=C2SCCS2)S3)CCO1. The van der Waals surface area contributed by atoms with Crippen LogP contribution in [0.3, 0.4) is 0 Å². The lowest BCUT2D eigenvalue weighted by Crippen LogP contribution is -2.07. The largest absolute Gasteiger partial charge is 0.381 e. The summed E-state index contributed by atoms with van der Waals surface area (Å²) >= 11 is 12.1. The van der Waals surface area contributed by atoms with Gasteiger partial charge in [0.15, 0.2) is 0 Å². The molecule has 0 aliphatic carbocycles. The second-order valence-corrected chi connectivity index (χ2v) is 11.8. The Morgan fingerprint density at radius 1 is 0.632 bits per heavy atom. The van der Waals surface area contributed by atoms with Crippen LogP contribution in [0.2, 0.25) is 0 Å². The van der Waals surface area contributed by atoms with Crippen molar-refractivity contribution in [2.24, 2.45) is 0 Å². The second kappa shape index (κ2) is 6.18. The molecule has 2 saturated heterocycles. The van der Waals surface area contributed by atoms with Gasteiger partial charge in [0.2, 0.25) is 0 Å². The molecule has 0 unspecified atom stereocenters. The van der Waals surface area contributed by atoms with Crippen molar-refractivity contribution in [2.75, 3.05) is 24.7 Å². The zero-order valence-corrected chi connectivity index (χ0v) is 15.0. The highest BCUT2D eigenvalue weighted by molar-refractivity contribution is 8.48. The Bertz CT molecular complexity index is 468. The summed E-state index contributed by atoms with van der Waals surface area (Å²) in [5.41, 5.74) is 1.62. The minimum Gasteiger partial charge on any atom is -0.381 e. The monoisotopic (exact) mass is 364 g/mol. The first-order valence-corrected chi connectivity index (χ1v) is 11.4. The fourth-order valence-corrected chi connectivity index (χ4v) is 11.5. The molecule has 0 aromatic rings. The Morgan fingerprint density at radius 2 is 1.16 bits per heavy atom. The summed E-state index contributed by atoms with van der Waals surface area (Å²) < 4.78 is 13.1. The van der Waals surface area contributed by atoms with E-state index in [9.17, 15) is 0 Å². The molecule has 4 aliphatic rings. The van der Waals surface area contributed by atoms with Gasteiger partial charge in [0.05, 0.1) is 34.4 Å². The smallest absolute Gasteiger partial charge is 0.0717 e. The Morgan fingerprint density at radius 3 is 1.79 bits per heavy atom. The van der Waals surface area contributed by atoms with Crippen molar-refractivity contribution in [1.29, 1.82) is 0 Å². The zero-order valence-electron chi connectivity index (χ0n) is 10.1. The van der Waals surface area contributed by atoms with Gasteiger partial charge in [-0.05, 0) is 18.4 Å². The molecule has 4 aliphatic heterocycles. The lowest BCUT2D eigenvalue weighted by atomic mass is 10.1. The van der Waals surface area contributed by atoms with E-state index < -0.39 is 0 Å². The number of rotatable bonds is 0. The third kappa shape index (κ3) is 2.94. The van der Waals surface area contributed by atoms with Gasteiger partial charge in [0.1, 0.15) is 0 Å². The molecular weight excluding hydrogens is 353 g/mol. The summed E-state index contributed by atoms with van der Waals surface area (Å²) in [7, 11) is 0. The lowest BCUT2D eigenvalue weighted by Gasteiger charge is -2.17. The maximum absolute atomic E-state index is 5.45. The van der Waals surface area contributed by atoms with E-state index in [1.54, 1.807) is 14.0 Å². The van der Waals surface area contributed by atoms with E-state index in [-0.39, 0.29) is 0 Å². The van der Waals surface area contributed by atoms with Gasteiger partial charge >= 0.3 is 0 Å². The summed E-state index contributed by atoms with van der Waals surface area (Å²) in [5, 5.41) is 0. The molecule has 4 rings (SSSR count). The van der Waals surface area contributed by atoms with Crippen LogP contribution in [0.4, 0.5) is 0 Å². The molecule has 7 heteroatoms. The fraction of sp³-hybridized carbons (Fsp3) is 0.500. The number of hydrogen-bond donors (Lipinski definition) is 0. The second-order valence-electron chi connectivity index (χ2n) is 4.26. The third-order valence-electron chi connectivity index (χ3n) is 3.01. The molecule has 19 heavy (non-hydrogen) atoms. The van der Waals surface area contributed by atoms with Crippen LogP contribution < -0.4 is 0 Å². The van der Waals surface area contributed by atoms with Crippen molar-refractivity contribution in [1.82, 2.24) is 0 Å². The van der Waals surface area contributed by atoms with E-state index in [4.69, 9.17) is 4.74 Å². The summed E-state index contributed by atoms with van der Waals surface area (Å²) in [6, 6.07) is 0. The number of thioether (sulfide) groups is 6. The van der Waals surface area contributed by atoms with E-state index in [0.29, 0.717) is 0 Å². The molecule has 102 valence electrons. The van der Waals surface area contributed by atoms with Crippen LogP contribution in [0.5, 0.6) is 0 Å². The van der Waals surface area contributed by atoms with Gasteiger partial charge in [0.25, 0.3) is 0 Å². The summed E-state index contributed by atoms with van der Waals surface area (Å²) in [4.78, 5) is 0. The van der Waals surface area contributed by atoms with E-state index >= 15 is 0 Å². The topological polar surface area (TPSA) is 9.23 Å². The highest BCUT2D eigenvalue weighted by atomic mass is 32.3. The Balaban J connectivity index is 1.48. The standard InChI is InChI=1S/C12H12OS6/c1-3-13-4-2-7(1)8-16-11-12(17-8)19-10(18-11)9-14-5-6-15-9/h1-6H2. The molecule has 0 bridgehead atoms. The molecule has 0 aromatic heterocycles. The molecule has 0 aromatic carbocycles. The van der Waals surface area contributed by atoms with Crippen LogP contribution in [-0.2, 0) is 4.74 Å². The van der Waals surface area contributed by atoms with Crippen molar-refractivity contribution in [3.8, 4) is 0 Å². The van der Waals surface area contributed by atoms with Crippen molar-refractivity contribution in [3.05, 3.63) is 26.8 Å². The molecule has 0 atom stereocenters. The third-order valence-corrected chi connectivity index (χ3v) is 12.0. The van der Waals surface area contributed by atoms with E-state index in [2.05, 4.69) is 0 Å². The van der Waals surface area contributed by atoms with Crippen LogP contribution in [0.25, 0.3) is 0 Å². The normalized spacial score (nSPS) is 27.8. The number of ether oxygens (including phenoxy) is 1. The van der Waals surface area contributed by atoms with Gasteiger partial charge in [-0.15, -0.1) is 23.5 Å². The predicted octanol–water partition coefficient (Wildman–Crippen LogP) is 5.70. The number of hydrogen-bond acceptors (Lipinski definition) is 7. The molecule has 0 saturated carbocycles. The highest BCUT2D eigenvalue weighted by Crippen LogP contribution is 2.69. The first-order valence-electron chi connectivity index (χ1n) is 6.15. The maximum Gasteiger partial charge on any atom is 0.0717 e. The Hall–Kier alpha value is 1.28. The van der Waals surface area contributed by atoms with E-state index in [0.717, 1.165) is 26.1 Å². The van der Waals surface area contributed by atoms with Gasteiger partial charge < -0.3 is 4.74 Å². The molecule has 4 heterocycles. The highest BCUT2D eigenvalue weighted by Gasteiger charge is 2.33. The van der Waals surface area contributed by atoms with Crippen molar-refractivity contribution >= 4 is 70.6 Å². The average Bonchev–Trinajstić information content (AvgIpc) is 3.14. The molecule has 0 spiro atoms. The molecule has 0 radical (unpaired) electrons. The summed E-state index contributed by atoms with van der Waals surface area (Å²) in [6.07, 6.45) is 2.26. The maximum atomic E-state index is 5.45. The first-order chi connectivity index (χ1) is 9.40. The van der Waals surface area contributed by atoms with Gasteiger partial charge in [-0.25, -0.2) is 0 Å². The quantitative estimate of drug-likeness (QED) is 0.538. The van der Waals surface area contributed by atoms with Crippen LogP contribution >= 0.6 is 70.6 Å². The average molecular weight is 365 g/mol. The Labute approximate surface area is 139 Å². The van der Waals surface area contributed by atoms with Crippen molar-refractivity contribution in [2.45, 2.75) is 12.8 Å². The van der Waals surface area contributed by atoms with Crippen molar-refractivity contribution < 1.29 is 4.74 Å². The van der Waals surface area contributed by atoms with Crippen LogP contribution in [0.15, 0.2) is 26.8 Å². The zero-order chi connectivity index (χ0) is 12.7. The van der Waals surface area contributed by atoms with E-state index in [1.807, 2.05) is 70.6 Å². The van der Waals surface area contributed by atoms with Crippen LogP contribution in [0.1, 0.15) is 12.8 Å². The van der Waals surface area contributed by atoms with Crippen LogP contribution in [-0.4, -0.2) is 24.7 Å². The molecule has 0 amide bonds. The Kier molecular flexibility index (Phi) is 4.53. The van der Waals surface area contributed by atoms with Crippen LogP contribution in [0, 0.1) is 0 Å². The van der Waals surface area contributed by atoms with Gasteiger partial charge in [-0.1, -0.05) is 47.0 Å². The molecule has 2 fully saturated rings. The van der Waals surface area contributed by atoms with Gasteiger partial charge in [-0.3, -0.25) is 0 Å². The molecule has 1 nitrogen and oxygen atoms in total. The first kappa shape index (κ1) is 13.9. The summed E-state index contributed by atoms with van der Waals surface area (Å²) in [6.45, 7) is 1.82. The molecule has 0 N–H and O–H groups in total. The van der Waals surface area contributed by atoms with Gasteiger partial charge in [0, 0.05) is 11.5 Å². The van der Waals surface area contributed by atoms with Crippen molar-refractivity contribution in [3.63, 3.8) is 0 Å². The summed E-state index contributed by atoms with van der Waals surface area (Å²) in [5.74, 6) is 2.57. The minimum atomic E-state index is 0.910. The van der Waals surface area contributed by atoms with Gasteiger partial charge in [-0.2, -0.15) is 0 Å². The predicted molar refractivity (Wildman–Crippen MR) is 96.4 cm³/mol. The van der Waals surface area contributed by atoms with E-state index in [1.165, 1.54) is 24.2 Å². The lowest BCUT2D eigenvalue weighted by molar-refractivity contribution is 0.119. The molecular formula is C12H12OS6. The fourth-order valence-electron chi connectivity index (χ4n) is 2.06. The minimum absolute atomic E-state index is 0.910.